The van der Waals surface area contributed by atoms with Crippen LogP contribution in [0.2, 0.25) is 0 Å². The molecule has 1 aromatic rings. The summed E-state index contributed by atoms with van der Waals surface area (Å²) in [6, 6.07) is 3.26. The molecule has 2 rings (SSSR count). The molecule has 2 amide bonds. The predicted molar refractivity (Wildman–Crippen MR) is 131 cm³/mol. The van der Waals surface area contributed by atoms with E-state index in [1.165, 1.54) is 0 Å². The second-order valence-corrected chi connectivity index (χ2v) is 9.93. The van der Waals surface area contributed by atoms with Crippen molar-refractivity contribution in [3.8, 4) is 11.5 Å². The first-order valence-corrected chi connectivity index (χ1v) is 11.8. The maximum absolute atomic E-state index is 13.2. The fraction of sp³-hybridized carbons (Fsp3) is 0.680. The Morgan fingerprint density at radius 1 is 1.18 bits per heavy atom. The van der Waals surface area contributed by atoms with Crippen LogP contribution in [0, 0.1) is 5.92 Å². The van der Waals surface area contributed by atoms with Crippen LogP contribution in [0.15, 0.2) is 12.1 Å². The molecule has 0 saturated carbocycles. The molecule has 1 aromatic carbocycles. The van der Waals surface area contributed by atoms with Crippen LogP contribution >= 0.6 is 0 Å². The van der Waals surface area contributed by atoms with Gasteiger partial charge in [0.15, 0.2) is 11.5 Å². The van der Waals surface area contributed by atoms with Crippen molar-refractivity contribution >= 4 is 12.0 Å². The smallest absolute Gasteiger partial charge is 0.410 e. The summed E-state index contributed by atoms with van der Waals surface area (Å²) in [5.74, 6) is 0.918. The first-order valence-electron chi connectivity index (χ1n) is 11.8. The summed E-state index contributed by atoms with van der Waals surface area (Å²) < 4.78 is 22.1. The van der Waals surface area contributed by atoms with E-state index in [2.05, 4.69) is 5.32 Å². The topological polar surface area (TPSA) is 112 Å². The lowest BCUT2D eigenvalue weighted by atomic mass is 9.94. The van der Waals surface area contributed by atoms with E-state index in [0.717, 1.165) is 12.0 Å². The SMILES string of the molecule is COCCCOc1c(OC)ccc(C(=O)NC[C@@H]2CN(C(=O)OC(C)(C)C)C[C@H]2N)c1C(C)C. The Morgan fingerprint density at radius 2 is 1.88 bits per heavy atom. The lowest BCUT2D eigenvalue weighted by molar-refractivity contribution is 0.0287. The van der Waals surface area contributed by atoms with Gasteiger partial charge in [0.25, 0.3) is 5.91 Å². The van der Waals surface area contributed by atoms with Crippen molar-refractivity contribution in [2.45, 2.75) is 58.6 Å². The highest BCUT2D eigenvalue weighted by atomic mass is 16.6. The second kappa shape index (κ2) is 12.3. The molecule has 9 heteroatoms. The molecule has 1 aliphatic heterocycles. The number of benzene rings is 1. The second-order valence-electron chi connectivity index (χ2n) is 9.93. The van der Waals surface area contributed by atoms with Crippen molar-refractivity contribution in [3.63, 3.8) is 0 Å². The molecule has 1 saturated heterocycles. The summed E-state index contributed by atoms with van der Waals surface area (Å²) >= 11 is 0. The van der Waals surface area contributed by atoms with Crippen LogP contribution in [0.25, 0.3) is 0 Å². The van der Waals surface area contributed by atoms with Crippen LogP contribution in [-0.4, -0.2) is 75.6 Å². The number of rotatable bonds is 10. The highest BCUT2D eigenvalue weighted by Gasteiger charge is 2.35. The third kappa shape index (κ3) is 7.50. The molecule has 0 bridgehead atoms. The molecular weight excluding hydrogens is 438 g/mol. The van der Waals surface area contributed by atoms with Crippen molar-refractivity contribution in [2.75, 3.05) is 47.1 Å². The van der Waals surface area contributed by atoms with Crippen molar-refractivity contribution in [2.24, 2.45) is 11.7 Å². The molecule has 3 N–H and O–H groups in total. The zero-order valence-electron chi connectivity index (χ0n) is 21.6. The molecule has 9 nitrogen and oxygen atoms in total. The van der Waals surface area contributed by atoms with E-state index in [0.29, 0.717) is 49.9 Å². The Bertz CT molecular complexity index is 837. The highest BCUT2D eigenvalue weighted by Crippen LogP contribution is 2.38. The molecule has 0 aliphatic carbocycles. The normalized spacial score (nSPS) is 18.2. The molecule has 0 spiro atoms. The Kier molecular flexibility index (Phi) is 10.00. The molecular formula is C25H41N3O6. The minimum absolute atomic E-state index is 0.0321. The number of likely N-dealkylation sites (tertiary alicyclic amines) is 1. The van der Waals surface area contributed by atoms with Crippen molar-refractivity contribution < 1.29 is 28.5 Å². The van der Waals surface area contributed by atoms with E-state index in [1.807, 2.05) is 34.6 Å². The molecule has 34 heavy (non-hydrogen) atoms. The van der Waals surface area contributed by atoms with Gasteiger partial charge in [-0.2, -0.15) is 0 Å². The molecule has 2 atom stereocenters. The van der Waals surface area contributed by atoms with E-state index in [-0.39, 0.29) is 29.9 Å². The van der Waals surface area contributed by atoms with E-state index < -0.39 is 5.60 Å². The van der Waals surface area contributed by atoms with Gasteiger partial charge in [-0.05, 0) is 38.8 Å². The molecule has 1 fully saturated rings. The monoisotopic (exact) mass is 479 g/mol. The molecule has 0 unspecified atom stereocenters. The first kappa shape index (κ1) is 27.7. The fourth-order valence-corrected chi connectivity index (χ4v) is 3.94. The van der Waals surface area contributed by atoms with Gasteiger partial charge in [0.05, 0.1) is 13.7 Å². The Morgan fingerprint density at radius 3 is 2.47 bits per heavy atom. The molecule has 1 aliphatic rings. The van der Waals surface area contributed by atoms with Gasteiger partial charge in [0.1, 0.15) is 5.60 Å². The number of ether oxygens (including phenoxy) is 4. The lowest BCUT2D eigenvalue weighted by Gasteiger charge is -2.24. The van der Waals surface area contributed by atoms with Gasteiger partial charge in [-0.25, -0.2) is 4.79 Å². The van der Waals surface area contributed by atoms with Crippen molar-refractivity contribution in [3.05, 3.63) is 23.3 Å². The maximum Gasteiger partial charge on any atom is 0.410 e. The summed E-state index contributed by atoms with van der Waals surface area (Å²) in [5.41, 5.74) is 7.02. The third-order valence-corrected chi connectivity index (χ3v) is 5.61. The predicted octanol–water partition coefficient (Wildman–Crippen LogP) is 3.16. The summed E-state index contributed by atoms with van der Waals surface area (Å²) in [7, 11) is 3.23. The van der Waals surface area contributed by atoms with Crippen LogP contribution < -0.4 is 20.5 Å². The van der Waals surface area contributed by atoms with Crippen LogP contribution in [0.4, 0.5) is 4.79 Å². The van der Waals surface area contributed by atoms with Crippen molar-refractivity contribution in [1.82, 2.24) is 10.2 Å². The van der Waals surface area contributed by atoms with Gasteiger partial charge in [-0.3, -0.25) is 4.79 Å². The quantitative estimate of drug-likeness (QED) is 0.496. The van der Waals surface area contributed by atoms with Gasteiger partial charge in [0, 0.05) is 62.9 Å². The van der Waals surface area contributed by atoms with Crippen LogP contribution in [0.1, 0.15) is 62.9 Å². The van der Waals surface area contributed by atoms with Gasteiger partial charge in [-0.15, -0.1) is 0 Å². The van der Waals surface area contributed by atoms with Gasteiger partial charge in [-0.1, -0.05) is 13.8 Å². The van der Waals surface area contributed by atoms with Crippen molar-refractivity contribution in [1.29, 1.82) is 0 Å². The average molecular weight is 480 g/mol. The number of carbonyl (C=O) groups is 2. The number of carbonyl (C=O) groups excluding carboxylic acids is 2. The van der Waals surface area contributed by atoms with Gasteiger partial charge >= 0.3 is 6.09 Å². The third-order valence-electron chi connectivity index (χ3n) is 5.61. The molecule has 1 heterocycles. The van der Waals surface area contributed by atoms with Crippen LogP contribution in [0.3, 0.4) is 0 Å². The minimum Gasteiger partial charge on any atom is -0.493 e. The molecule has 0 radical (unpaired) electrons. The van der Waals surface area contributed by atoms with Gasteiger partial charge < -0.3 is 34.9 Å². The van der Waals surface area contributed by atoms with E-state index in [9.17, 15) is 9.59 Å². The van der Waals surface area contributed by atoms with Crippen LogP contribution in [0.5, 0.6) is 11.5 Å². The minimum atomic E-state index is -0.571. The number of nitrogens with two attached hydrogens (primary N) is 1. The lowest BCUT2D eigenvalue weighted by Crippen LogP contribution is -2.38. The van der Waals surface area contributed by atoms with E-state index in [1.54, 1.807) is 31.3 Å². The summed E-state index contributed by atoms with van der Waals surface area (Å²) in [6.45, 7) is 11.7. The largest absolute Gasteiger partial charge is 0.493 e. The standard InChI is InChI=1S/C25H41N3O6/c1-16(2)21-18(9-10-20(32-7)22(21)33-12-8-11-31-6)23(29)27-13-17-14-28(15-19(17)26)24(30)34-25(3,4)5/h9-10,16-17,19H,8,11-15,26H2,1-7H3,(H,27,29)/t17-,19-/m1/s1. The highest BCUT2D eigenvalue weighted by molar-refractivity contribution is 5.97. The van der Waals surface area contributed by atoms with Crippen LogP contribution in [-0.2, 0) is 9.47 Å². The number of hydrogen-bond acceptors (Lipinski definition) is 7. The number of hydrogen-bond donors (Lipinski definition) is 2. The zero-order valence-corrected chi connectivity index (χ0v) is 21.6. The Labute approximate surface area is 203 Å². The van der Waals surface area contributed by atoms with Gasteiger partial charge in [0.2, 0.25) is 0 Å². The summed E-state index contributed by atoms with van der Waals surface area (Å²) in [4.78, 5) is 27.2. The Balaban J connectivity index is 2.11. The fourth-order valence-electron chi connectivity index (χ4n) is 3.94. The summed E-state index contributed by atoms with van der Waals surface area (Å²) in [6.07, 6.45) is 0.339. The maximum atomic E-state index is 13.2. The first-order chi connectivity index (χ1) is 16.0. The number of nitrogens with zero attached hydrogens (tertiary/aromatic N) is 1. The summed E-state index contributed by atoms with van der Waals surface area (Å²) in [5, 5.41) is 3.00. The molecule has 192 valence electrons. The molecule has 0 aromatic heterocycles. The zero-order chi connectivity index (χ0) is 25.5. The Hall–Kier alpha value is -2.52. The number of methoxy groups -OCH3 is 2. The number of nitrogens with one attached hydrogen (secondary N) is 1. The van der Waals surface area contributed by atoms with E-state index in [4.69, 9.17) is 24.7 Å². The average Bonchev–Trinajstić information content (AvgIpc) is 3.13. The number of amides is 2. The van der Waals surface area contributed by atoms with E-state index >= 15 is 0 Å².